The first-order chi connectivity index (χ1) is 13.8. The molecule has 2 heterocycles. The monoisotopic (exact) mass is 386 g/mol. The standard InChI is InChI=1S/C24H26N4O/c1-16-4-6-17(7-5-16)24(2,3)18-8-10-19(11-9-18)28-13-12-20-22(15-28)27-21(14-26-20)23(25)29/h4-11,14H,12-13,15H2,1-3H3,(H2,25,29). The molecule has 1 aliphatic rings. The van der Waals surface area contributed by atoms with E-state index in [-0.39, 0.29) is 11.1 Å². The second-order valence-corrected chi connectivity index (χ2v) is 8.22. The molecule has 1 aliphatic heterocycles. The summed E-state index contributed by atoms with van der Waals surface area (Å²) in [6.07, 6.45) is 2.27. The summed E-state index contributed by atoms with van der Waals surface area (Å²) < 4.78 is 0. The Morgan fingerprint density at radius 2 is 1.62 bits per heavy atom. The Morgan fingerprint density at radius 3 is 2.24 bits per heavy atom. The SMILES string of the molecule is Cc1ccc(C(C)(C)c2ccc(N3CCc4ncc(C(N)=O)nc4C3)cc2)cc1. The van der Waals surface area contributed by atoms with Crippen molar-refractivity contribution < 1.29 is 4.79 Å². The van der Waals surface area contributed by atoms with Crippen molar-refractivity contribution in [3.63, 3.8) is 0 Å². The molecule has 1 aromatic heterocycles. The lowest BCUT2D eigenvalue weighted by Gasteiger charge is -2.31. The van der Waals surface area contributed by atoms with Gasteiger partial charge in [-0.15, -0.1) is 0 Å². The molecule has 0 saturated carbocycles. The van der Waals surface area contributed by atoms with Gasteiger partial charge in [-0.1, -0.05) is 55.8 Å². The summed E-state index contributed by atoms with van der Waals surface area (Å²) in [6, 6.07) is 17.5. The molecule has 0 aliphatic carbocycles. The summed E-state index contributed by atoms with van der Waals surface area (Å²) in [5, 5.41) is 0. The Bertz CT molecular complexity index is 1040. The molecule has 29 heavy (non-hydrogen) atoms. The fourth-order valence-corrected chi connectivity index (χ4v) is 3.85. The molecule has 0 fully saturated rings. The third-order valence-corrected chi connectivity index (χ3v) is 5.87. The largest absolute Gasteiger partial charge is 0.365 e. The van der Waals surface area contributed by atoms with Crippen molar-refractivity contribution in [1.29, 1.82) is 0 Å². The van der Waals surface area contributed by atoms with E-state index in [0.29, 0.717) is 6.54 Å². The number of primary amides is 1. The zero-order valence-electron chi connectivity index (χ0n) is 17.1. The minimum absolute atomic E-state index is 0.0669. The number of carbonyl (C=O) groups excluding carboxylic acids is 1. The molecule has 0 bridgehead atoms. The van der Waals surface area contributed by atoms with Crippen molar-refractivity contribution in [1.82, 2.24) is 9.97 Å². The molecule has 1 amide bonds. The summed E-state index contributed by atoms with van der Waals surface area (Å²) in [5.74, 6) is -0.542. The van der Waals surface area contributed by atoms with Gasteiger partial charge in [0.2, 0.25) is 0 Å². The quantitative estimate of drug-likeness (QED) is 0.741. The number of amides is 1. The average molecular weight is 386 g/mol. The van der Waals surface area contributed by atoms with Crippen molar-refractivity contribution in [3.05, 3.63) is 88.5 Å². The van der Waals surface area contributed by atoms with E-state index in [4.69, 9.17) is 5.73 Å². The highest BCUT2D eigenvalue weighted by Gasteiger charge is 2.24. The Hall–Kier alpha value is -3.21. The van der Waals surface area contributed by atoms with E-state index in [2.05, 4.69) is 84.2 Å². The summed E-state index contributed by atoms with van der Waals surface area (Å²) in [5.41, 5.74) is 12.3. The zero-order chi connectivity index (χ0) is 20.6. The number of carbonyl (C=O) groups is 1. The number of nitrogens with zero attached hydrogens (tertiary/aromatic N) is 3. The third kappa shape index (κ3) is 3.73. The molecule has 0 unspecified atom stereocenters. The van der Waals surface area contributed by atoms with Crippen LogP contribution in [0.25, 0.3) is 0 Å². The molecule has 0 radical (unpaired) electrons. The summed E-state index contributed by atoms with van der Waals surface area (Å²) >= 11 is 0. The lowest BCUT2D eigenvalue weighted by atomic mass is 9.78. The van der Waals surface area contributed by atoms with Crippen molar-refractivity contribution >= 4 is 11.6 Å². The van der Waals surface area contributed by atoms with Crippen LogP contribution in [0.5, 0.6) is 0 Å². The molecule has 5 heteroatoms. The fraction of sp³-hybridized carbons (Fsp3) is 0.292. The number of rotatable bonds is 4. The van der Waals surface area contributed by atoms with Crippen molar-refractivity contribution in [2.24, 2.45) is 5.73 Å². The topological polar surface area (TPSA) is 72.1 Å². The van der Waals surface area contributed by atoms with E-state index in [1.165, 1.54) is 22.9 Å². The number of aryl methyl sites for hydroxylation is 1. The van der Waals surface area contributed by atoms with E-state index in [0.717, 1.165) is 30.0 Å². The average Bonchev–Trinajstić information content (AvgIpc) is 2.73. The third-order valence-electron chi connectivity index (χ3n) is 5.87. The van der Waals surface area contributed by atoms with E-state index in [1.807, 2.05) is 0 Å². The van der Waals surface area contributed by atoms with E-state index < -0.39 is 5.91 Å². The second-order valence-electron chi connectivity index (χ2n) is 8.22. The van der Waals surface area contributed by atoms with Crippen LogP contribution in [0, 0.1) is 6.92 Å². The number of fused-ring (bicyclic) bond motifs is 1. The number of aromatic nitrogens is 2. The van der Waals surface area contributed by atoms with Gasteiger partial charge in [0, 0.05) is 24.1 Å². The summed E-state index contributed by atoms with van der Waals surface area (Å²) in [6.45, 7) is 8.12. The number of hydrogen-bond donors (Lipinski definition) is 1. The Morgan fingerprint density at radius 1 is 1.00 bits per heavy atom. The van der Waals surface area contributed by atoms with Crippen molar-refractivity contribution in [2.75, 3.05) is 11.4 Å². The van der Waals surface area contributed by atoms with Gasteiger partial charge in [0.25, 0.3) is 5.91 Å². The highest BCUT2D eigenvalue weighted by atomic mass is 16.1. The highest BCUT2D eigenvalue weighted by Crippen LogP contribution is 2.33. The molecule has 2 N–H and O–H groups in total. The number of benzene rings is 2. The molecular weight excluding hydrogens is 360 g/mol. The minimum atomic E-state index is -0.542. The maximum absolute atomic E-state index is 11.4. The van der Waals surface area contributed by atoms with Crippen LogP contribution in [0.4, 0.5) is 5.69 Å². The van der Waals surface area contributed by atoms with Crippen LogP contribution < -0.4 is 10.6 Å². The van der Waals surface area contributed by atoms with E-state index in [9.17, 15) is 4.79 Å². The van der Waals surface area contributed by atoms with E-state index in [1.54, 1.807) is 0 Å². The Labute approximate surface area is 171 Å². The van der Waals surface area contributed by atoms with Crippen LogP contribution in [0.2, 0.25) is 0 Å². The minimum Gasteiger partial charge on any atom is -0.365 e. The molecule has 4 rings (SSSR count). The number of nitrogens with two attached hydrogens (primary N) is 1. The van der Waals surface area contributed by atoms with Gasteiger partial charge in [-0.2, -0.15) is 0 Å². The maximum Gasteiger partial charge on any atom is 0.268 e. The summed E-state index contributed by atoms with van der Waals surface area (Å²) in [4.78, 5) is 22.5. The smallest absolute Gasteiger partial charge is 0.268 e. The maximum atomic E-state index is 11.4. The van der Waals surface area contributed by atoms with Crippen molar-refractivity contribution in [3.8, 4) is 0 Å². The van der Waals surface area contributed by atoms with Crippen LogP contribution >= 0.6 is 0 Å². The first-order valence-corrected chi connectivity index (χ1v) is 9.92. The first-order valence-electron chi connectivity index (χ1n) is 9.92. The molecule has 0 atom stereocenters. The van der Waals surface area contributed by atoms with Gasteiger partial charge in [-0.3, -0.25) is 9.78 Å². The van der Waals surface area contributed by atoms with Gasteiger partial charge in [-0.05, 0) is 30.2 Å². The van der Waals surface area contributed by atoms with Gasteiger partial charge in [0.05, 0.1) is 24.1 Å². The predicted octanol–water partition coefficient (Wildman–Crippen LogP) is 3.77. The summed E-state index contributed by atoms with van der Waals surface area (Å²) in [7, 11) is 0. The number of anilines is 1. The van der Waals surface area contributed by atoms with E-state index >= 15 is 0 Å². The highest BCUT2D eigenvalue weighted by molar-refractivity contribution is 5.90. The first kappa shape index (κ1) is 19.1. The molecular formula is C24H26N4O. The van der Waals surface area contributed by atoms with Gasteiger partial charge >= 0.3 is 0 Å². The van der Waals surface area contributed by atoms with Crippen LogP contribution in [0.1, 0.15) is 52.4 Å². The molecule has 2 aromatic carbocycles. The normalized spacial score (nSPS) is 13.8. The molecule has 3 aromatic rings. The Balaban J connectivity index is 1.56. The fourth-order valence-electron chi connectivity index (χ4n) is 3.85. The van der Waals surface area contributed by atoms with Crippen LogP contribution in [-0.4, -0.2) is 22.4 Å². The molecule has 148 valence electrons. The lowest BCUT2D eigenvalue weighted by Crippen LogP contribution is -2.32. The van der Waals surface area contributed by atoms with Gasteiger partial charge in [0.1, 0.15) is 5.69 Å². The van der Waals surface area contributed by atoms with Crippen molar-refractivity contribution in [2.45, 2.75) is 39.2 Å². The van der Waals surface area contributed by atoms with Crippen LogP contribution in [-0.2, 0) is 18.4 Å². The molecule has 5 nitrogen and oxygen atoms in total. The van der Waals surface area contributed by atoms with Gasteiger partial charge < -0.3 is 10.6 Å². The Kier molecular flexibility index (Phi) is 4.82. The second kappa shape index (κ2) is 7.32. The predicted molar refractivity (Wildman–Crippen MR) is 115 cm³/mol. The lowest BCUT2D eigenvalue weighted by molar-refractivity contribution is 0.0995. The number of hydrogen-bond acceptors (Lipinski definition) is 4. The van der Waals surface area contributed by atoms with Crippen LogP contribution in [0.3, 0.4) is 0 Å². The zero-order valence-corrected chi connectivity index (χ0v) is 17.1. The molecule has 0 spiro atoms. The van der Waals surface area contributed by atoms with Gasteiger partial charge in [-0.25, -0.2) is 4.98 Å². The molecule has 0 saturated heterocycles. The van der Waals surface area contributed by atoms with Gasteiger partial charge in [0.15, 0.2) is 0 Å². The van der Waals surface area contributed by atoms with Crippen LogP contribution in [0.15, 0.2) is 54.7 Å².